The predicted molar refractivity (Wildman–Crippen MR) is 123 cm³/mol. The Balaban J connectivity index is 1.83. The highest BCUT2D eigenvalue weighted by Gasteiger charge is 2.23. The number of carbonyl (C=O) groups excluding carboxylic acids is 1. The highest BCUT2D eigenvalue weighted by molar-refractivity contribution is 7.91. The van der Waals surface area contributed by atoms with Crippen molar-refractivity contribution in [2.24, 2.45) is 0 Å². The summed E-state index contributed by atoms with van der Waals surface area (Å²) in [6.45, 7) is 5.07. The van der Waals surface area contributed by atoms with Gasteiger partial charge in [0.1, 0.15) is 5.82 Å². The summed E-state index contributed by atoms with van der Waals surface area (Å²) in [5, 5.41) is 0.561. The zero-order chi connectivity index (χ0) is 22.8. The van der Waals surface area contributed by atoms with Gasteiger partial charge in [0.15, 0.2) is 15.0 Å². The predicted octanol–water partition coefficient (Wildman–Crippen LogP) is 3.81. The van der Waals surface area contributed by atoms with Crippen LogP contribution in [-0.2, 0) is 14.6 Å². The molecular formula is C22H26FN3O3S2. The van der Waals surface area contributed by atoms with Crippen LogP contribution in [0.25, 0.3) is 10.2 Å². The second-order valence-corrected chi connectivity index (χ2v) is 10.9. The quantitative estimate of drug-likeness (QED) is 0.475. The van der Waals surface area contributed by atoms with Crippen LogP contribution in [0.4, 0.5) is 9.52 Å². The fraction of sp³-hybridized carbons (Fsp3) is 0.364. The van der Waals surface area contributed by atoms with E-state index >= 15 is 0 Å². The lowest BCUT2D eigenvalue weighted by Crippen LogP contribution is -2.37. The van der Waals surface area contributed by atoms with Crippen LogP contribution in [0.5, 0.6) is 0 Å². The zero-order valence-electron chi connectivity index (χ0n) is 18.1. The van der Waals surface area contributed by atoms with Gasteiger partial charge in [-0.2, -0.15) is 0 Å². The Kier molecular flexibility index (Phi) is 7.08. The summed E-state index contributed by atoms with van der Waals surface area (Å²) in [6.07, 6.45) is -0.179. The highest BCUT2D eigenvalue weighted by Crippen LogP contribution is 2.31. The van der Waals surface area contributed by atoms with Gasteiger partial charge in [-0.1, -0.05) is 11.3 Å². The van der Waals surface area contributed by atoms with Gasteiger partial charge in [0.2, 0.25) is 5.91 Å². The van der Waals surface area contributed by atoms with E-state index in [1.165, 1.54) is 23.5 Å². The maximum Gasteiger partial charge on any atom is 0.229 e. The lowest BCUT2D eigenvalue weighted by Gasteiger charge is -2.22. The smallest absolute Gasteiger partial charge is 0.229 e. The molecule has 0 unspecified atom stereocenters. The number of nitrogens with zero attached hydrogens (tertiary/aromatic N) is 3. The number of rotatable bonds is 8. The molecule has 0 bridgehead atoms. The Morgan fingerprint density at radius 3 is 2.35 bits per heavy atom. The summed E-state index contributed by atoms with van der Waals surface area (Å²) in [5.74, 6) is -1.16. The summed E-state index contributed by atoms with van der Waals surface area (Å²) < 4.78 is 39.2. The molecule has 0 aliphatic rings. The second kappa shape index (κ2) is 9.42. The van der Waals surface area contributed by atoms with Crippen molar-refractivity contribution < 1.29 is 17.6 Å². The molecule has 0 atom stereocenters. The average Bonchev–Trinajstić information content (AvgIpc) is 3.09. The van der Waals surface area contributed by atoms with E-state index in [4.69, 9.17) is 0 Å². The average molecular weight is 464 g/mol. The van der Waals surface area contributed by atoms with Crippen molar-refractivity contribution in [2.75, 3.05) is 37.8 Å². The summed E-state index contributed by atoms with van der Waals surface area (Å²) >= 11 is 1.42. The first-order chi connectivity index (χ1) is 14.6. The molecule has 9 heteroatoms. The number of fused-ring (bicyclic) bond motifs is 1. The van der Waals surface area contributed by atoms with Crippen LogP contribution >= 0.6 is 11.3 Å². The lowest BCUT2D eigenvalue weighted by molar-refractivity contribution is -0.118. The minimum absolute atomic E-state index is 0.00693. The normalized spacial score (nSPS) is 11.9. The fourth-order valence-corrected chi connectivity index (χ4v) is 5.35. The molecule has 1 aromatic heterocycles. The molecule has 166 valence electrons. The summed E-state index contributed by atoms with van der Waals surface area (Å²) in [7, 11) is 0.122. The Bertz CT molecular complexity index is 1150. The molecule has 0 saturated heterocycles. The van der Waals surface area contributed by atoms with Crippen molar-refractivity contribution in [2.45, 2.75) is 25.2 Å². The molecular weight excluding hydrogens is 437 g/mol. The third kappa shape index (κ3) is 5.66. The Morgan fingerprint density at radius 1 is 1.06 bits per heavy atom. The standard InChI is InChI=1S/C22H26FN3O3S2/c1-15-13-19-20(14-16(15)2)30-22(24-19)26(11-10-25(3)4)21(27)9-12-31(28,29)18-7-5-17(23)6-8-18/h5-8,13-14H,9-12H2,1-4H3. The topological polar surface area (TPSA) is 70.6 Å². The van der Waals surface area contributed by atoms with Gasteiger partial charge in [-0.05, 0) is 75.5 Å². The van der Waals surface area contributed by atoms with Gasteiger partial charge in [-0.3, -0.25) is 9.69 Å². The lowest BCUT2D eigenvalue weighted by atomic mass is 10.1. The van der Waals surface area contributed by atoms with E-state index in [0.717, 1.165) is 33.5 Å². The van der Waals surface area contributed by atoms with E-state index in [2.05, 4.69) is 11.1 Å². The first-order valence-electron chi connectivity index (χ1n) is 9.88. The Morgan fingerprint density at radius 2 is 1.71 bits per heavy atom. The minimum atomic E-state index is -3.70. The molecule has 3 aromatic rings. The van der Waals surface area contributed by atoms with Gasteiger partial charge in [-0.25, -0.2) is 17.8 Å². The molecule has 0 N–H and O–H groups in total. The summed E-state index contributed by atoms with van der Waals surface area (Å²) in [5.41, 5.74) is 3.10. The van der Waals surface area contributed by atoms with E-state index in [-0.39, 0.29) is 23.0 Å². The zero-order valence-corrected chi connectivity index (χ0v) is 19.7. The summed E-state index contributed by atoms with van der Waals surface area (Å²) in [4.78, 5) is 21.2. The number of likely N-dealkylation sites (N-methyl/N-ethyl adjacent to an activating group) is 1. The largest absolute Gasteiger partial charge is 0.308 e. The Labute approximate surface area is 186 Å². The van der Waals surface area contributed by atoms with Crippen molar-refractivity contribution in [1.82, 2.24) is 9.88 Å². The molecule has 0 aliphatic heterocycles. The van der Waals surface area contributed by atoms with Gasteiger partial charge < -0.3 is 4.90 Å². The van der Waals surface area contributed by atoms with E-state index < -0.39 is 15.7 Å². The third-order valence-corrected chi connectivity index (χ3v) is 7.83. The number of hydrogen-bond acceptors (Lipinski definition) is 6. The minimum Gasteiger partial charge on any atom is -0.308 e. The van der Waals surface area contributed by atoms with Gasteiger partial charge in [0.05, 0.1) is 20.9 Å². The number of thiazole rings is 1. The van der Waals surface area contributed by atoms with Gasteiger partial charge >= 0.3 is 0 Å². The Hall–Kier alpha value is -2.36. The molecule has 0 saturated carbocycles. The van der Waals surface area contributed by atoms with E-state index in [1.54, 1.807) is 4.90 Å². The fourth-order valence-electron chi connectivity index (χ4n) is 3.03. The molecule has 1 amide bonds. The first-order valence-corrected chi connectivity index (χ1v) is 12.3. The third-order valence-electron chi connectivity index (χ3n) is 5.05. The molecule has 31 heavy (non-hydrogen) atoms. The van der Waals surface area contributed by atoms with Crippen molar-refractivity contribution in [3.63, 3.8) is 0 Å². The SMILES string of the molecule is Cc1cc2nc(N(CCN(C)C)C(=O)CCS(=O)(=O)c3ccc(F)cc3)sc2cc1C. The number of benzene rings is 2. The number of halogens is 1. The van der Waals surface area contributed by atoms with Crippen molar-refractivity contribution in [1.29, 1.82) is 0 Å². The summed E-state index contributed by atoms with van der Waals surface area (Å²) in [6, 6.07) is 8.69. The number of aryl methyl sites for hydroxylation is 2. The van der Waals surface area contributed by atoms with Crippen molar-refractivity contribution in [3.05, 3.63) is 53.3 Å². The maximum absolute atomic E-state index is 13.1. The molecule has 6 nitrogen and oxygen atoms in total. The molecule has 0 radical (unpaired) electrons. The molecule has 3 rings (SSSR count). The molecule has 0 fully saturated rings. The first kappa shape index (κ1) is 23.3. The van der Waals surface area contributed by atoms with Crippen LogP contribution in [0.1, 0.15) is 17.5 Å². The van der Waals surface area contributed by atoms with Crippen molar-refractivity contribution in [3.8, 4) is 0 Å². The molecule has 0 spiro atoms. The number of anilines is 1. The van der Waals surface area contributed by atoms with E-state index in [1.807, 2.05) is 38.9 Å². The number of amides is 1. The monoisotopic (exact) mass is 463 g/mol. The van der Waals surface area contributed by atoms with Crippen molar-refractivity contribution >= 4 is 42.4 Å². The van der Waals surface area contributed by atoms with Gasteiger partial charge in [0, 0.05) is 19.5 Å². The van der Waals surface area contributed by atoms with Crippen LogP contribution < -0.4 is 4.90 Å². The van der Waals surface area contributed by atoms with E-state index in [9.17, 15) is 17.6 Å². The highest BCUT2D eigenvalue weighted by atomic mass is 32.2. The molecule has 2 aromatic carbocycles. The second-order valence-electron chi connectivity index (χ2n) is 7.77. The maximum atomic E-state index is 13.1. The van der Waals surface area contributed by atoms with Crippen LogP contribution in [0.3, 0.4) is 0 Å². The van der Waals surface area contributed by atoms with Crippen LogP contribution in [-0.4, -0.2) is 57.1 Å². The van der Waals surface area contributed by atoms with Crippen LogP contribution in [0.2, 0.25) is 0 Å². The number of hydrogen-bond donors (Lipinski definition) is 0. The van der Waals surface area contributed by atoms with Gasteiger partial charge in [-0.15, -0.1) is 0 Å². The van der Waals surface area contributed by atoms with Crippen LogP contribution in [0, 0.1) is 19.7 Å². The van der Waals surface area contributed by atoms with E-state index in [0.29, 0.717) is 18.2 Å². The van der Waals surface area contributed by atoms with Gasteiger partial charge in [0.25, 0.3) is 0 Å². The molecule has 1 heterocycles. The molecule has 0 aliphatic carbocycles. The number of sulfone groups is 1. The number of carbonyl (C=O) groups is 1. The number of aromatic nitrogens is 1. The van der Waals surface area contributed by atoms with Crippen LogP contribution in [0.15, 0.2) is 41.3 Å².